The molecule has 0 spiro atoms. The minimum atomic E-state index is -0.477. The zero-order valence-corrected chi connectivity index (χ0v) is 14.2. The van der Waals surface area contributed by atoms with Crippen LogP contribution in [0.2, 0.25) is 0 Å². The quantitative estimate of drug-likeness (QED) is 0.604. The third kappa shape index (κ3) is 3.25. The van der Waals surface area contributed by atoms with Crippen LogP contribution in [0.5, 0.6) is 11.5 Å². The van der Waals surface area contributed by atoms with Crippen LogP contribution in [0.4, 0.5) is 5.69 Å². The number of fused-ring (bicyclic) bond motifs is 1. The van der Waals surface area contributed by atoms with Crippen LogP contribution in [-0.4, -0.2) is 39.4 Å². The molecule has 25 heavy (non-hydrogen) atoms. The predicted octanol–water partition coefficient (Wildman–Crippen LogP) is 1.80. The van der Waals surface area contributed by atoms with Crippen LogP contribution < -0.4 is 9.47 Å². The Hall–Kier alpha value is -3.10. The normalized spacial score (nSPS) is 12.3. The number of amides is 1. The van der Waals surface area contributed by atoms with Gasteiger partial charge in [0.15, 0.2) is 11.5 Å². The lowest BCUT2D eigenvalue weighted by molar-refractivity contribution is -0.386. The molecule has 3 rings (SSSR count). The molecule has 2 aromatic rings. The second kappa shape index (κ2) is 6.42. The molecular weight excluding hydrogens is 328 g/mol. The summed E-state index contributed by atoms with van der Waals surface area (Å²) in [6, 6.07) is 5.51. The third-order valence-electron chi connectivity index (χ3n) is 4.09. The Labute approximate surface area is 143 Å². The first-order valence-corrected chi connectivity index (χ1v) is 7.67. The smallest absolute Gasteiger partial charge is 0.312 e. The maximum Gasteiger partial charge on any atom is 0.312 e. The van der Waals surface area contributed by atoms with Crippen molar-refractivity contribution in [1.82, 2.24) is 14.7 Å². The van der Waals surface area contributed by atoms with Crippen molar-refractivity contribution in [2.75, 3.05) is 13.8 Å². The number of likely N-dealkylation sites (N-methyl/N-ethyl adjacent to an activating group) is 1. The van der Waals surface area contributed by atoms with Crippen molar-refractivity contribution in [3.05, 3.63) is 45.3 Å². The maximum absolute atomic E-state index is 12.4. The highest BCUT2D eigenvalue weighted by Crippen LogP contribution is 2.32. The minimum Gasteiger partial charge on any atom is -0.454 e. The molecule has 0 saturated carbocycles. The van der Waals surface area contributed by atoms with Gasteiger partial charge in [0.25, 0.3) is 0 Å². The van der Waals surface area contributed by atoms with Gasteiger partial charge in [-0.15, -0.1) is 0 Å². The number of aryl methyl sites for hydroxylation is 1. The first-order valence-electron chi connectivity index (χ1n) is 7.67. The molecule has 0 saturated heterocycles. The summed E-state index contributed by atoms with van der Waals surface area (Å²) in [6.45, 7) is 3.67. The SMILES string of the molecule is Cc1nn(CC(=O)N(C)Cc2ccc3c(c2)OCO3)c(C)c1[N+](=O)[O-]. The molecule has 0 bridgehead atoms. The van der Waals surface area contributed by atoms with Gasteiger partial charge in [-0.25, -0.2) is 0 Å². The minimum absolute atomic E-state index is 0.0498. The van der Waals surface area contributed by atoms with Crippen molar-refractivity contribution in [1.29, 1.82) is 0 Å². The number of hydrogen-bond acceptors (Lipinski definition) is 6. The van der Waals surface area contributed by atoms with Crippen molar-refractivity contribution < 1.29 is 19.2 Å². The van der Waals surface area contributed by atoms with Gasteiger partial charge in [-0.1, -0.05) is 6.07 Å². The fourth-order valence-corrected chi connectivity index (χ4v) is 2.76. The summed E-state index contributed by atoms with van der Waals surface area (Å²) < 4.78 is 12.0. The van der Waals surface area contributed by atoms with E-state index in [4.69, 9.17) is 9.47 Å². The van der Waals surface area contributed by atoms with Crippen LogP contribution in [0.15, 0.2) is 18.2 Å². The van der Waals surface area contributed by atoms with Gasteiger partial charge >= 0.3 is 5.69 Å². The average Bonchev–Trinajstić information content (AvgIpc) is 3.11. The van der Waals surface area contributed by atoms with Crippen molar-refractivity contribution in [2.45, 2.75) is 26.9 Å². The standard InChI is InChI=1S/C16H18N4O5/c1-10-16(20(22)23)11(2)19(17-10)8-15(21)18(3)7-12-4-5-13-14(6-12)25-9-24-13/h4-6H,7-9H2,1-3H3. The van der Waals surface area contributed by atoms with Gasteiger partial charge in [0, 0.05) is 13.6 Å². The summed E-state index contributed by atoms with van der Waals surface area (Å²) in [4.78, 5) is 24.5. The lowest BCUT2D eigenvalue weighted by Gasteiger charge is -2.18. The molecule has 1 aliphatic rings. The van der Waals surface area contributed by atoms with E-state index < -0.39 is 4.92 Å². The second-order valence-corrected chi connectivity index (χ2v) is 5.87. The molecule has 0 radical (unpaired) electrons. The topological polar surface area (TPSA) is 99.7 Å². The Balaban J connectivity index is 1.69. The molecule has 0 aliphatic carbocycles. The molecule has 1 aromatic heterocycles. The van der Waals surface area contributed by atoms with Crippen LogP contribution in [0.25, 0.3) is 0 Å². The molecule has 0 atom stereocenters. The zero-order valence-electron chi connectivity index (χ0n) is 14.2. The van der Waals surface area contributed by atoms with Crippen LogP contribution in [0.3, 0.4) is 0 Å². The molecule has 1 aliphatic heterocycles. The Morgan fingerprint density at radius 3 is 2.76 bits per heavy atom. The number of carbonyl (C=O) groups is 1. The van der Waals surface area contributed by atoms with Crippen LogP contribution in [0.1, 0.15) is 17.0 Å². The largest absolute Gasteiger partial charge is 0.454 e. The molecule has 9 nitrogen and oxygen atoms in total. The van der Waals surface area contributed by atoms with Crippen molar-refractivity contribution in [3.8, 4) is 11.5 Å². The molecule has 0 unspecified atom stereocenters. The Bertz CT molecular complexity index is 845. The highest BCUT2D eigenvalue weighted by Gasteiger charge is 2.23. The second-order valence-electron chi connectivity index (χ2n) is 5.87. The molecule has 1 aromatic carbocycles. The summed E-state index contributed by atoms with van der Waals surface area (Å²) in [7, 11) is 1.67. The summed E-state index contributed by atoms with van der Waals surface area (Å²) in [5.74, 6) is 1.15. The van der Waals surface area contributed by atoms with E-state index in [9.17, 15) is 14.9 Å². The molecule has 2 heterocycles. The third-order valence-corrected chi connectivity index (χ3v) is 4.09. The number of rotatable bonds is 5. The summed E-state index contributed by atoms with van der Waals surface area (Å²) in [6.07, 6.45) is 0. The van der Waals surface area contributed by atoms with Gasteiger partial charge in [0.05, 0.1) is 4.92 Å². The van der Waals surface area contributed by atoms with Crippen molar-refractivity contribution in [2.24, 2.45) is 0 Å². The molecule has 0 fully saturated rings. The summed E-state index contributed by atoms with van der Waals surface area (Å²) in [5, 5.41) is 15.1. The number of carbonyl (C=O) groups excluding carboxylic acids is 1. The van der Waals surface area contributed by atoms with E-state index in [0.29, 0.717) is 29.4 Å². The zero-order chi connectivity index (χ0) is 18.1. The van der Waals surface area contributed by atoms with Crippen LogP contribution >= 0.6 is 0 Å². The monoisotopic (exact) mass is 346 g/mol. The number of nitro groups is 1. The number of benzene rings is 1. The Morgan fingerprint density at radius 1 is 1.36 bits per heavy atom. The van der Waals surface area contributed by atoms with E-state index >= 15 is 0 Å². The lowest BCUT2D eigenvalue weighted by atomic mass is 10.2. The van der Waals surface area contributed by atoms with Gasteiger partial charge in [-0.05, 0) is 31.5 Å². The van der Waals surface area contributed by atoms with E-state index in [1.54, 1.807) is 31.9 Å². The highest BCUT2D eigenvalue weighted by atomic mass is 16.7. The maximum atomic E-state index is 12.4. The van der Waals surface area contributed by atoms with Gasteiger partial charge in [-0.3, -0.25) is 19.6 Å². The number of ether oxygens (including phenoxy) is 2. The van der Waals surface area contributed by atoms with E-state index in [1.807, 2.05) is 12.1 Å². The molecular formula is C16H18N4O5. The number of aromatic nitrogens is 2. The molecule has 0 N–H and O–H groups in total. The molecule has 132 valence electrons. The van der Waals surface area contributed by atoms with E-state index in [1.165, 1.54) is 4.68 Å². The van der Waals surface area contributed by atoms with Gasteiger partial charge in [0.1, 0.15) is 17.9 Å². The number of hydrogen-bond donors (Lipinski definition) is 0. The van der Waals surface area contributed by atoms with E-state index in [2.05, 4.69) is 5.10 Å². The van der Waals surface area contributed by atoms with Crippen LogP contribution in [0, 0.1) is 24.0 Å². The highest BCUT2D eigenvalue weighted by molar-refractivity contribution is 5.76. The molecule has 9 heteroatoms. The first-order chi connectivity index (χ1) is 11.9. The molecule has 1 amide bonds. The van der Waals surface area contributed by atoms with E-state index in [0.717, 1.165) is 5.56 Å². The Morgan fingerprint density at radius 2 is 2.08 bits per heavy atom. The number of nitrogens with zero attached hydrogens (tertiary/aromatic N) is 4. The van der Waals surface area contributed by atoms with Crippen molar-refractivity contribution in [3.63, 3.8) is 0 Å². The predicted molar refractivity (Wildman–Crippen MR) is 87.4 cm³/mol. The van der Waals surface area contributed by atoms with Gasteiger partial charge in [0.2, 0.25) is 12.7 Å². The van der Waals surface area contributed by atoms with E-state index in [-0.39, 0.29) is 24.9 Å². The lowest BCUT2D eigenvalue weighted by Crippen LogP contribution is -2.30. The van der Waals surface area contributed by atoms with Crippen LogP contribution in [-0.2, 0) is 17.9 Å². The fourth-order valence-electron chi connectivity index (χ4n) is 2.76. The summed E-state index contributed by atoms with van der Waals surface area (Å²) in [5.41, 5.74) is 1.52. The first kappa shape index (κ1) is 16.7. The fraction of sp³-hybridized carbons (Fsp3) is 0.375. The summed E-state index contributed by atoms with van der Waals surface area (Å²) >= 11 is 0. The van der Waals surface area contributed by atoms with Gasteiger partial charge in [-0.2, -0.15) is 5.10 Å². The Kier molecular flexibility index (Phi) is 4.30. The average molecular weight is 346 g/mol. The van der Waals surface area contributed by atoms with Gasteiger partial charge < -0.3 is 14.4 Å². The van der Waals surface area contributed by atoms with Crippen molar-refractivity contribution >= 4 is 11.6 Å².